The maximum Gasteiger partial charge on any atom is 0.325 e. The number of nitrogens with zero attached hydrogens (tertiary/aromatic N) is 2. The van der Waals surface area contributed by atoms with Crippen molar-refractivity contribution in [3.63, 3.8) is 0 Å². The van der Waals surface area contributed by atoms with Crippen LogP contribution in [0.1, 0.15) is 22.3 Å². The molecule has 0 unspecified atom stereocenters. The number of urea groups is 1. The van der Waals surface area contributed by atoms with Gasteiger partial charge in [0.25, 0.3) is 0 Å². The topological polar surface area (TPSA) is 64.7 Å². The van der Waals surface area contributed by atoms with Crippen LogP contribution >= 0.6 is 0 Å². The van der Waals surface area contributed by atoms with Crippen LogP contribution in [0.15, 0.2) is 36.4 Å². The van der Waals surface area contributed by atoms with Crippen LogP contribution in [-0.2, 0) is 4.79 Å². The van der Waals surface area contributed by atoms with E-state index < -0.39 is 6.03 Å². The number of aryl methyl sites for hydroxylation is 3. The van der Waals surface area contributed by atoms with Crippen LogP contribution in [0.5, 0.6) is 0 Å². The van der Waals surface area contributed by atoms with Gasteiger partial charge in [0.15, 0.2) is 0 Å². The van der Waals surface area contributed by atoms with Gasteiger partial charge in [-0.2, -0.15) is 0 Å². The number of rotatable bonds is 4. The molecule has 0 radical (unpaired) electrons. The molecule has 0 aliphatic carbocycles. The minimum Gasteiger partial charge on any atom is -0.369 e. The van der Waals surface area contributed by atoms with E-state index in [4.69, 9.17) is 0 Å². The second-order valence-corrected chi connectivity index (χ2v) is 7.80. The Hall–Kier alpha value is -2.86. The molecule has 1 heterocycles. The third-order valence-corrected chi connectivity index (χ3v) is 5.54. The first-order valence-corrected chi connectivity index (χ1v) is 10.0. The lowest BCUT2D eigenvalue weighted by atomic mass is 10.1. The SMILES string of the molecule is Cc1ccc(NC(=O)NC(=O)CN2CCN(c3cccc(C)c3C)CC2)c(C)c1. The molecule has 1 saturated heterocycles. The summed E-state index contributed by atoms with van der Waals surface area (Å²) in [4.78, 5) is 28.9. The highest BCUT2D eigenvalue weighted by Crippen LogP contribution is 2.23. The Bertz CT molecular complexity index is 902. The number of hydrogen-bond donors (Lipinski definition) is 2. The zero-order valence-corrected chi connectivity index (χ0v) is 17.7. The fraction of sp³-hybridized carbons (Fsp3) is 0.391. The van der Waals surface area contributed by atoms with Crippen LogP contribution < -0.4 is 15.5 Å². The van der Waals surface area contributed by atoms with Gasteiger partial charge in [-0.15, -0.1) is 0 Å². The number of nitrogens with one attached hydrogen (secondary N) is 2. The molecule has 6 nitrogen and oxygen atoms in total. The molecule has 0 spiro atoms. The molecule has 1 aliphatic heterocycles. The number of imide groups is 1. The summed E-state index contributed by atoms with van der Waals surface area (Å²) < 4.78 is 0. The van der Waals surface area contributed by atoms with Gasteiger partial charge in [-0.25, -0.2) is 4.79 Å². The van der Waals surface area contributed by atoms with Gasteiger partial charge in [0, 0.05) is 37.6 Å². The maximum atomic E-state index is 12.3. The number of carbonyl (C=O) groups excluding carboxylic acids is 2. The second-order valence-electron chi connectivity index (χ2n) is 7.80. The van der Waals surface area contributed by atoms with Crippen LogP contribution in [0.2, 0.25) is 0 Å². The molecule has 0 aromatic heterocycles. The normalized spacial score (nSPS) is 14.6. The van der Waals surface area contributed by atoms with Crippen molar-refractivity contribution >= 4 is 23.3 Å². The monoisotopic (exact) mass is 394 g/mol. The van der Waals surface area contributed by atoms with E-state index in [0.29, 0.717) is 5.69 Å². The Morgan fingerprint density at radius 3 is 2.34 bits per heavy atom. The van der Waals surface area contributed by atoms with E-state index in [0.717, 1.165) is 37.3 Å². The molecule has 3 rings (SSSR count). The van der Waals surface area contributed by atoms with Crippen molar-refractivity contribution in [3.8, 4) is 0 Å². The number of carbonyl (C=O) groups is 2. The Balaban J connectivity index is 1.47. The Morgan fingerprint density at radius 2 is 1.66 bits per heavy atom. The van der Waals surface area contributed by atoms with Gasteiger partial charge in [0.05, 0.1) is 6.54 Å². The van der Waals surface area contributed by atoms with Crippen molar-refractivity contribution in [2.75, 3.05) is 42.9 Å². The molecule has 0 saturated carbocycles. The van der Waals surface area contributed by atoms with Gasteiger partial charge in [-0.05, 0) is 56.5 Å². The highest BCUT2D eigenvalue weighted by atomic mass is 16.2. The van der Waals surface area contributed by atoms with Crippen LogP contribution in [-0.4, -0.2) is 49.6 Å². The van der Waals surface area contributed by atoms with Gasteiger partial charge in [0.1, 0.15) is 0 Å². The Morgan fingerprint density at radius 1 is 0.931 bits per heavy atom. The van der Waals surface area contributed by atoms with Crippen molar-refractivity contribution in [1.82, 2.24) is 10.2 Å². The average Bonchev–Trinajstić information content (AvgIpc) is 2.67. The summed E-state index contributed by atoms with van der Waals surface area (Å²) in [6.07, 6.45) is 0. The highest BCUT2D eigenvalue weighted by molar-refractivity contribution is 6.02. The molecular formula is C23H30N4O2. The number of amides is 3. The summed E-state index contributed by atoms with van der Waals surface area (Å²) in [5, 5.41) is 5.18. The number of hydrogen-bond acceptors (Lipinski definition) is 4. The minimum absolute atomic E-state index is 0.223. The van der Waals surface area contributed by atoms with E-state index in [1.54, 1.807) is 0 Å². The van der Waals surface area contributed by atoms with E-state index in [1.165, 1.54) is 16.8 Å². The number of benzene rings is 2. The molecule has 6 heteroatoms. The van der Waals surface area contributed by atoms with E-state index in [2.05, 4.69) is 52.5 Å². The van der Waals surface area contributed by atoms with E-state index in [9.17, 15) is 9.59 Å². The summed E-state index contributed by atoms with van der Waals surface area (Å²) >= 11 is 0. The predicted molar refractivity (Wildman–Crippen MR) is 118 cm³/mol. The summed E-state index contributed by atoms with van der Waals surface area (Å²) in [6, 6.07) is 11.7. The molecule has 2 aromatic rings. The zero-order valence-electron chi connectivity index (χ0n) is 17.7. The van der Waals surface area contributed by atoms with Crippen LogP contribution in [0.3, 0.4) is 0 Å². The molecule has 154 valence electrons. The molecule has 3 amide bonds. The molecule has 1 aliphatic rings. The van der Waals surface area contributed by atoms with Crippen molar-refractivity contribution in [3.05, 3.63) is 58.7 Å². The number of piperazine rings is 1. The lowest BCUT2D eigenvalue weighted by Gasteiger charge is -2.36. The summed E-state index contributed by atoms with van der Waals surface area (Å²) in [5.41, 5.74) is 6.67. The molecule has 0 bridgehead atoms. The molecule has 1 fully saturated rings. The van der Waals surface area contributed by atoms with Crippen LogP contribution in [0, 0.1) is 27.7 Å². The second kappa shape index (κ2) is 9.09. The van der Waals surface area contributed by atoms with Gasteiger partial charge in [-0.1, -0.05) is 29.8 Å². The smallest absolute Gasteiger partial charge is 0.325 e. The summed E-state index contributed by atoms with van der Waals surface area (Å²) in [7, 11) is 0. The Kier molecular flexibility index (Phi) is 6.54. The van der Waals surface area contributed by atoms with Gasteiger partial charge >= 0.3 is 6.03 Å². The van der Waals surface area contributed by atoms with E-state index in [-0.39, 0.29) is 12.5 Å². The van der Waals surface area contributed by atoms with Crippen LogP contribution in [0.4, 0.5) is 16.2 Å². The first kappa shape index (κ1) is 20.9. The summed E-state index contributed by atoms with van der Waals surface area (Å²) in [5.74, 6) is -0.285. The van der Waals surface area contributed by atoms with Gasteiger partial charge < -0.3 is 10.2 Å². The third-order valence-electron chi connectivity index (χ3n) is 5.54. The Labute approximate surface area is 172 Å². The highest BCUT2D eigenvalue weighted by Gasteiger charge is 2.21. The molecule has 2 N–H and O–H groups in total. The average molecular weight is 395 g/mol. The maximum absolute atomic E-state index is 12.3. The van der Waals surface area contributed by atoms with E-state index >= 15 is 0 Å². The van der Waals surface area contributed by atoms with Crippen LogP contribution in [0.25, 0.3) is 0 Å². The molecule has 0 atom stereocenters. The molecule has 29 heavy (non-hydrogen) atoms. The third kappa shape index (κ3) is 5.35. The first-order chi connectivity index (χ1) is 13.8. The standard InChI is InChI=1S/C23H30N4O2/c1-16-8-9-20(18(3)14-16)24-23(29)25-22(28)15-26-10-12-27(13-11-26)21-7-5-6-17(2)19(21)4/h5-9,14H,10-13,15H2,1-4H3,(H2,24,25,28,29). The minimum atomic E-state index is -0.490. The van der Waals surface area contributed by atoms with Gasteiger partial charge in [-0.3, -0.25) is 15.0 Å². The zero-order chi connectivity index (χ0) is 21.0. The van der Waals surface area contributed by atoms with Crippen molar-refractivity contribution in [1.29, 1.82) is 0 Å². The predicted octanol–water partition coefficient (Wildman–Crippen LogP) is 3.39. The number of anilines is 2. The lowest BCUT2D eigenvalue weighted by molar-refractivity contribution is -0.121. The lowest BCUT2D eigenvalue weighted by Crippen LogP contribution is -2.50. The quantitative estimate of drug-likeness (QED) is 0.834. The largest absolute Gasteiger partial charge is 0.369 e. The van der Waals surface area contributed by atoms with E-state index in [1.807, 2.05) is 32.0 Å². The van der Waals surface area contributed by atoms with Crippen molar-refractivity contribution < 1.29 is 9.59 Å². The van der Waals surface area contributed by atoms with Crippen molar-refractivity contribution in [2.24, 2.45) is 0 Å². The van der Waals surface area contributed by atoms with Crippen molar-refractivity contribution in [2.45, 2.75) is 27.7 Å². The molecular weight excluding hydrogens is 364 g/mol. The fourth-order valence-corrected chi connectivity index (χ4v) is 3.70. The fourth-order valence-electron chi connectivity index (χ4n) is 3.70. The molecule has 2 aromatic carbocycles. The van der Waals surface area contributed by atoms with Gasteiger partial charge in [0.2, 0.25) is 5.91 Å². The first-order valence-electron chi connectivity index (χ1n) is 10.0. The summed E-state index contributed by atoms with van der Waals surface area (Å²) in [6.45, 7) is 11.8.